The first-order chi connectivity index (χ1) is 8.25. The Morgan fingerprint density at radius 1 is 1.12 bits per heavy atom. The molecule has 1 heterocycles. The second-order valence-corrected chi connectivity index (χ2v) is 6.45. The maximum Gasteiger partial charge on any atom is 0.162 e. The molecule has 17 heavy (non-hydrogen) atoms. The predicted molar refractivity (Wildman–Crippen MR) is 74.1 cm³/mol. The Bertz CT molecular complexity index is 430. The number of benzene rings is 1. The highest BCUT2D eigenvalue weighted by atomic mass is 79.9. The van der Waals surface area contributed by atoms with Gasteiger partial charge in [0.2, 0.25) is 0 Å². The Kier molecular flexibility index (Phi) is 3.35. The topological polar surface area (TPSA) is 18.5 Å². The number of alkyl halides is 1. The lowest BCUT2D eigenvalue weighted by molar-refractivity contribution is 0.171. The monoisotopic (exact) mass is 360 g/mol. The van der Waals surface area contributed by atoms with E-state index in [1.807, 2.05) is 6.07 Å². The van der Waals surface area contributed by atoms with E-state index in [2.05, 4.69) is 37.9 Å². The number of fused-ring (bicyclic) bond motifs is 1. The highest BCUT2D eigenvalue weighted by molar-refractivity contribution is 9.11. The third kappa shape index (κ3) is 2.22. The summed E-state index contributed by atoms with van der Waals surface area (Å²) in [5, 5.41) is 0. The van der Waals surface area contributed by atoms with E-state index in [0.29, 0.717) is 18.0 Å². The van der Waals surface area contributed by atoms with Gasteiger partial charge < -0.3 is 9.47 Å². The van der Waals surface area contributed by atoms with E-state index in [1.165, 1.54) is 24.8 Å². The molecule has 0 aromatic heterocycles. The van der Waals surface area contributed by atoms with Crippen LogP contribution in [0.1, 0.15) is 29.7 Å². The van der Waals surface area contributed by atoms with Gasteiger partial charge >= 0.3 is 0 Å². The second-order valence-electron chi connectivity index (χ2n) is 4.61. The van der Waals surface area contributed by atoms with E-state index < -0.39 is 0 Å². The second kappa shape index (κ2) is 4.81. The van der Waals surface area contributed by atoms with Crippen LogP contribution >= 0.6 is 31.9 Å². The molecule has 2 nitrogen and oxygen atoms in total. The molecule has 1 atom stereocenters. The molecular formula is C13H14Br2O2. The minimum absolute atomic E-state index is 0.418. The van der Waals surface area contributed by atoms with Crippen LogP contribution in [0.3, 0.4) is 0 Å². The predicted octanol–water partition coefficient (Wildman–Crippen LogP) is 4.46. The third-order valence-corrected chi connectivity index (χ3v) is 5.45. The molecule has 1 unspecified atom stereocenters. The molecule has 0 saturated heterocycles. The van der Waals surface area contributed by atoms with Crippen LogP contribution < -0.4 is 9.47 Å². The first-order valence-electron chi connectivity index (χ1n) is 5.99. The molecular weight excluding hydrogens is 348 g/mol. The van der Waals surface area contributed by atoms with Crippen molar-refractivity contribution in [1.29, 1.82) is 0 Å². The van der Waals surface area contributed by atoms with Crippen molar-refractivity contribution in [3.05, 3.63) is 22.2 Å². The molecule has 2 aliphatic rings. The lowest BCUT2D eigenvalue weighted by Gasteiger charge is -2.31. The third-order valence-electron chi connectivity index (χ3n) is 3.52. The molecule has 1 aliphatic carbocycles. The quantitative estimate of drug-likeness (QED) is 0.724. The van der Waals surface area contributed by atoms with Gasteiger partial charge in [0.1, 0.15) is 13.2 Å². The summed E-state index contributed by atoms with van der Waals surface area (Å²) in [6.45, 7) is 1.28. The van der Waals surface area contributed by atoms with E-state index in [1.54, 1.807) is 0 Å². The SMILES string of the molecule is Brc1cc2c(cc1C(Br)C1CCC1)OCCO2. The Balaban J connectivity index is 1.92. The van der Waals surface area contributed by atoms with E-state index in [0.717, 1.165) is 21.9 Å². The van der Waals surface area contributed by atoms with Crippen LogP contribution in [0.25, 0.3) is 0 Å². The standard InChI is InChI=1S/C13H14Br2O2/c14-10-7-12-11(16-4-5-17-12)6-9(10)13(15)8-2-1-3-8/h6-8,13H,1-5H2. The molecule has 1 aliphatic heterocycles. The minimum atomic E-state index is 0.418. The molecule has 1 saturated carbocycles. The summed E-state index contributed by atoms with van der Waals surface area (Å²) >= 11 is 7.45. The summed E-state index contributed by atoms with van der Waals surface area (Å²) in [5.74, 6) is 2.48. The van der Waals surface area contributed by atoms with Crippen molar-refractivity contribution in [1.82, 2.24) is 0 Å². The summed E-state index contributed by atoms with van der Waals surface area (Å²) in [6.07, 6.45) is 3.99. The molecule has 0 bridgehead atoms. The average Bonchev–Trinajstić information content (AvgIpc) is 2.25. The van der Waals surface area contributed by atoms with Gasteiger partial charge in [0.25, 0.3) is 0 Å². The number of halogens is 2. The molecule has 0 spiro atoms. The van der Waals surface area contributed by atoms with Crippen molar-refractivity contribution in [3.63, 3.8) is 0 Å². The van der Waals surface area contributed by atoms with Gasteiger partial charge in [-0.1, -0.05) is 38.3 Å². The van der Waals surface area contributed by atoms with Crippen LogP contribution in [-0.2, 0) is 0 Å². The summed E-state index contributed by atoms with van der Waals surface area (Å²) in [6, 6.07) is 4.13. The maximum absolute atomic E-state index is 5.63. The first kappa shape index (κ1) is 11.8. The average molecular weight is 362 g/mol. The molecule has 1 aromatic carbocycles. The molecule has 4 heteroatoms. The van der Waals surface area contributed by atoms with Gasteiger partial charge in [-0.3, -0.25) is 0 Å². The minimum Gasteiger partial charge on any atom is -0.486 e. The lowest BCUT2D eigenvalue weighted by atomic mass is 9.81. The fourth-order valence-electron chi connectivity index (χ4n) is 2.28. The fraction of sp³-hybridized carbons (Fsp3) is 0.538. The van der Waals surface area contributed by atoms with Crippen LogP contribution in [0.15, 0.2) is 16.6 Å². The maximum atomic E-state index is 5.63. The zero-order valence-corrected chi connectivity index (χ0v) is 12.6. The van der Waals surface area contributed by atoms with Crippen LogP contribution in [-0.4, -0.2) is 13.2 Å². The smallest absolute Gasteiger partial charge is 0.162 e. The Morgan fingerprint density at radius 3 is 2.35 bits per heavy atom. The normalized spacial score (nSPS) is 20.8. The van der Waals surface area contributed by atoms with E-state index in [-0.39, 0.29) is 0 Å². The van der Waals surface area contributed by atoms with Gasteiger partial charge in [-0.25, -0.2) is 0 Å². The molecule has 92 valence electrons. The van der Waals surface area contributed by atoms with E-state index in [4.69, 9.17) is 9.47 Å². The Hall–Kier alpha value is -0.220. The zero-order chi connectivity index (χ0) is 11.8. The Labute approximate surface area is 118 Å². The van der Waals surface area contributed by atoms with Gasteiger partial charge in [0.05, 0.1) is 0 Å². The van der Waals surface area contributed by atoms with Crippen molar-refractivity contribution >= 4 is 31.9 Å². The highest BCUT2D eigenvalue weighted by Crippen LogP contribution is 2.47. The highest BCUT2D eigenvalue weighted by Gasteiger charge is 2.29. The number of hydrogen-bond donors (Lipinski definition) is 0. The largest absolute Gasteiger partial charge is 0.486 e. The molecule has 0 radical (unpaired) electrons. The van der Waals surface area contributed by atoms with Crippen LogP contribution in [0.5, 0.6) is 11.5 Å². The van der Waals surface area contributed by atoms with Crippen molar-refractivity contribution in [2.24, 2.45) is 5.92 Å². The van der Waals surface area contributed by atoms with Gasteiger partial charge in [0, 0.05) is 9.30 Å². The van der Waals surface area contributed by atoms with Gasteiger partial charge in [-0.2, -0.15) is 0 Å². The van der Waals surface area contributed by atoms with Crippen molar-refractivity contribution < 1.29 is 9.47 Å². The van der Waals surface area contributed by atoms with Gasteiger partial charge in [-0.15, -0.1) is 0 Å². The Morgan fingerprint density at radius 2 is 1.76 bits per heavy atom. The van der Waals surface area contributed by atoms with E-state index in [9.17, 15) is 0 Å². The van der Waals surface area contributed by atoms with E-state index >= 15 is 0 Å². The summed E-state index contributed by atoms with van der Waals surface area (Å²) < 4.78 is 12.3. The fourth-order valence-corrected chi connectivity index (χ4v) is 4.06. The molecule has 1 fully saturated rings. The van der Waals surface area contributed by atoms with Crippen LogP contribution in [0, 0.1) is 5.92 Å². The van der Waals surface area contributed by atoms with Crippen LogP contribution in [0.4, 0.5) is 0 Å². The number of hydrogen-bond acceptors (Lipinski definition) is 2. The van der Waals surface area contributed by atoms with Gasteiger partial charge in [-0.05, 0) is 36.5 Å². The van der Waals surface area contributed by atoms with Gasteiger partial charge in [0.15, 0.2) is 11.5 Å². The number of ether oxygens (including phenoxy) is 2. The van der Waals surface area contributed by atoms with Crippen molar-refractivity contribution in [2.45, 2.75) is 24.1 Å². The first-order valence-corrected chi connectivity index (χ1v) is 7.69. The molecule has 3 rings (SSSR count). The molecule has 0 N–H and O–H groups in total. The summed E-state index contributed by atoms with van der Waals surface area (Å²) in [7, 11) is 0. The summed E-state index contributed by atoms with van der Waals surface area (Å²) in [4.78, 5) is 0.418. The number of rotatable bonds is 2. The summed E-state index contributed by atoms with van der Waals surface area (Å²) in [5.41, 5.74) is 1.28. The zero-order valence-electron chi connectivity index (χ0n) is 9.42. The lowest BCUT2D eigenvalue weighted by Crippen LogP contribution is -2.18. The van der Waals surface area contributed by atoms with Crippen molar-refractivity contribution in [3.8, 4) is 11.5 Å². The molecule has 0 amide bonds. The molecule has 1 aromatic rings. The van der Waals surface area contributed by atoms with Crippen LogP contribution in [0.2, 0.25) is 0 Å². The van der Waals surface area contributed by atoms with Crippen molar-refractivity contribution in [2.75, 3.05) is 13.2 Å².